The van der Waals surface area contributed by atoms with Crippen molar-refractivity contribution in [3.8, 4) is 0 Å². The molecule has 1 aliphatic rings. The number of anilines is 1. The van der Waals surface area contributed by atoms with Gasteiger partial charge in [0.05, 0.1) is 23.2 Å². The highest BCUT2D eigenvalue weighted by Gasteiger charge is 2.31. The van der Waals surface area contributed by atoms with E-state index in [2.05, 4.69) is 15.6 Å². The van der Waals surface area contributed by atoms with E-state index < -0.39 is 28.3 Å². The van der Waals surface area contributed by atoms with Gasteiger partial charge in [0.2, 0.25) is 0 Å². The minimum Gasteiger partial charge on any atom is -0.452 e. The first kappa shape index (κ1) is 21.1. The van der Waals surface area contributed by atoms with Gasteiger partial charge in [-0.05, 0) is 26.3 Å². The van der Waals surface area contributed by atoms with Crippen LogP contribution < -0.4 is 5.32 Å². The molecular weight excluding hydrogens is 424 g/mol. The van der Waals surface area contributed by atoms with Gasteiger partial charge in [-0.15, -0.1) is 0 Å². The molecule has 1 atom stereocenters. The molecule has 29 heavy (non-hydrogen) atoms. The normalized spacial score (nSPS) is 18.2. The van der Waals surface area contributed by atoms with Gasteiger partial charge in [-0.1, -0.05) is 16.8 Å². The number of nitrogens with one attached hydrogen (secondary N) is 1. The van der Waals surface area contributed by atoms with Crippen molar-refractivity contribution < 1.29 is 27.3 Å². The largest absolute Gasteiger partial charge is 0.452 e. The summed E-state index contributed by atoms with van der Waals surface area (Å²) in [6, 6.07) is 1.20. The minimum absolute atomic E-state index is 0.0147. The van der Waals surface area contributed by atoms with Crippen molar-refractivity contribution >= 4 is 45.2 Å². The lowest BCUT2D eigenvalue weighted by molar-refractivity contribution is -0.142. The molecule has 3 rings (SSSR count). The van der Waals surface area contributed by atoms with Crippen LogP contribution in [0.25, 0.3) is 6.08 Å². The first-order valence-electron chi connectivity index (χ1n) is 8.67. The second-order valence-electron chi connectivity index (χ2n) is 6.60. The summed E-state index contributed by atoms with van der Waals surface area (Å²) in [6.07, 6.45) is 2.99. The van der Waals surface area contributed by atoms with E-state index in [4.69, 9.17) is 20.9 Å². The lowest BCUT2D eigenvalue weighted by Gasteiger charge is -2.09. The number of aromatic nitrogens is 3. The number of ether oxygens (including phenoxy) is 1. The average Bonchev–Trinajstić information content (AvgIpc) is 3.29. The number of halogens is 1. The molecule has 10 nitrogen and oxygen atoms in total. The van der Waals surface area contributed by atoms with E-state index >= 15 is 0 Å². The number of carbonyl (C=O) groups is 2. The zero-order chi connectivity index (χ0) is 21.2. The van der Waals surface area contributed by atoms with Gasteiger partial charge >= 0.3 is 5.97 Å². The van der Waals surface area contributed by atoms with Gasteiger partial charge in [0.15, 0.2) is 22.3 Å². The molecule has 0 spiro atoms. The minimum atomic E-state index is -3.09. The Balaban J connectivity index is 1.58. The molecule has 0 aliphatic carbocycles. The molecule has 2 aromatic rings. The Kier molecular flexibility index (Phi) is 6.08. The fraction of sp³-hybridized carbons (Fsp3) is 0.412. The van der Waals surface area contributed by atoms with E-state index in [1.165, 1.54) is 16.8 Å². The second-order valence-corrected chi connectivity index (χ2v) is 9.19. The van der Waals surface area contributed by atoms with Gasteiger partial charge in [-0.3, -0.25) is 4.79 Å². The SMILES string of the molecule is Cc1cc(NC(=O)COC(=O)C=Cc2c(C)nn(C3CCS(=O)(=O)C3)c2Cl)no1. The van der Waals surface area contributed by atoms with Crippen LogP contribution in [-0.4, -0.2) is 53.3 Å². The Labute approximate surface area is 171 Å². The number of esters is 1. The smallest absolute Gasteiger partial charge is 0.331 e. The van der Waals surface area contributed by atoms with Crippen LogP contribution in [0.2, 0.25) is 5.15 Å². The number of carbonyl (C=O) groups excluding carboxylic acids is 2. The molecule has 1 saturated heterocycles. The van der Waals surface area contributed by atoms with E-state index in [-0.39, 0.29) is 28.5 Å². The summed E-state index contributed by atoms with van der Waals surface area (Å²) in [7, 11) is -3.09. The van der Waals surface area contributed by atoms with Crippen molar-refractivity contribution in [3.63, 3.8) is 0 Å². The Hall–Kier alpha value is -2.66. The van der Waals surface area contributed by atoms with Crippen molar-refractivity contribution in [1.29, 1.82) is 0 Å². The second kappa shape index (κ2) is 8.37. The zero-order valence-corrected chi connectivity index (χ0v) is 17.3. The van der Waals surface area contributed by atoms with Gasteiger partial charge in [-0.25, -0.2) is 17.9 Å². The maximum atomic E-state index is 11.9. The van der Waals surface area contributed by atoms with Crippen molar-refractivity contribution in [2.24, 2.45) is 0 Å². The number of aryl methyl sites for hydroxylation is 2. The molecule has 2 aromatic heterocycles. The third-order valence-corrected chi connectivity index (χ3v) is 6.38. The van der Waals surface area contributed by atoms with Gasteiger partial charge in [0, 0.05) is 17.7 Å². The van der Waals surface area contributed by atoms with Crippen LogP contribution in [0.1, 0.15) is 29.5 Å². The van der Waals surface area contributed by atoms with Crippen molar-refractivity contribution in [2.75, 3.05) is 23.4 Å². The number of hydrogen-bond donors (Lipinski definition) is 1. The summed E-state index contributed by atoms with van der Waals surface area (Å²) in [4.78, 5) is 23.6. The summed E-state index contributed by atoms with van der Waals surface area (Å²) >= 11 is 6.33. The van der Waals surface area contributed by atoms with E-state index in [1.807, 2.05) is 0 Å². The number of hydrogen-bond acceptors (Lipinski definition) is 8. The number of rotatable bonds is 6. The van der Waals surface area contributed by atoms with E-state index in [1.54, 1.807) is 13.8 Å². The van der Waals surface area contributed by atoms with E-state index in [0.29, 0.717) is 23.4 Å². The number of nitrogens with zero attached hydrogens (tertiary/aromatic N) is 3. The van der Waals surface area contributed by atoms with Crippen LogP contribution in [0.5, 0.6) is 0 Å². The van der Waals surface area contributed by atoms with Crippen LogP contribution >= 0.6 is 11.6 Å². The summed E-state index contributed by atoms with van der Waals surface area (Å²) in [5.74, 6) is -0.474. The van der Waals surface area contributed by atoms with Crippen molar-refractivity contribution in [1.82, 2.24) is 14.9 Å². The Morgan fingerprint density at radius 1 is 1.45 bits per heavy atom. The monoisotopic (exact) mass is 442 g/mol. The van der Waals surface area contributed by atoms with Gasteiger partial charge in [-0.2, -0.15) is 5.10 Å². The standard InChI is InChI=1S/C17H19ClN4O6S/c1-10-7-14(21-28-10)19-15(23)8-27-16(24)4-3-13-11(2)20-22(17(13)18)12-5-6-29(25,26)9-12/h3-4,7,12H,5-6,8-9H2,1-2H3,(H,19,21,23). The fourth-order valence-corrected chi connectivity index (χ4v) is 4.94. The Bertz CT molecular complexity index is 1070. The summed E-state index contributed by atoms with van der Waals surface area (Å²) in [5, 5.41) is 10.6. The first-order chi connectivity index (χ1) is 13.6. The van der Waals surface area contributed by atoms with Crippen LogP contribution in [0.3, 0.4) is 0 Å². The predicted molar refractivity (Wildman–Crippen MR) is 104 cm³/mol. The third kappa shape index (κ3) is 5.24. The highest BCUT2D eigenvalue weighted by Crippen LogP contribution is 2.30. The molecule has 1 aliphatic heterocycles. The fourth-order valence-electron chi connectivity index (χ4n) is 2.87. The van der Waals surface area contributed by atoms with Crippen molar-refractivity contribution in [3.05, 3.63) is 34.3 Å². The Morgan fingerprint density at radius 2 is 2.21 bits per heavy atom. The summed E-state index contributed by atoms with van der Waals surface area (Å²) in [5.41, 5.74) is 1.03. The molecule has 0 aromatic carbocycles. The quantitative estimate of drug-likeness (QED) is 0.527. The molecule has 1 N–H and O–H groups in total. The number of sulfone groups is 1. The molecule has 1 fully saturated rings. The first-order valence-corrected chi connectivity index (χ1v) is 10.9. The zero-order valence-electron chi connectivity index (χ0n) is 15.7. The van der Waals surface area contributed by atoms with Crippen LogP contribution in [0.15, 0.2) is 16.7 Å². The van der Waals surface area contributed by atoms with Gasteiger partial charge in [0.1, 0.15) is 10.9 Å². The maximum Gasteiger partial charge on any atom is 0.331 e. The van der Waals surface area contributed by atoms with Gasteiger partial charge < -0.3 is 14.6 Å². The molecular formula is C17H19ClN4O6S. The molecule has 1 unspecified atom stereocenters. The van der Waals surface area contributed by atoms with Crippen LogP contribution in [0.4, 0.5) is 5.82 Å². The van der Waals surface area contributed by atoms with Crippen LogP contribution in [0, 0.1) is 13.8 Å². The Morgan fingerprint density at radius 3 is 2.83 bits per heavy atom. The molecule has 0 radical (unpaired) electrons. The third-order valence-electron chi connectivity index (χ3n) is 4.25. The lowest BCUT2D eigenvalue weighted by atomic mass is 10.2. The van der Waals surface area contributed by atoms with Crippen molar-refractivity contribution in [2.45, 2.75) is 26.3 Å². The topological polar surface area (TPSA) is 133 Å². The molecule has 0 saturated carbocycles. The molecule has 1 amide bonds. The average molecular weight is 443 g/mol. The summed E-state index contributed by atoms with van der Waals surface area (Å²) in [6.45, 7) is 2.87. The molecule has 12 heteroatoms. The molecule has 156 valence electrons. The lowest BCUT2D eigenvalue weighted by Crippen LogP contribution is -2.20. The maximum absolute atomic E-state index is 11.9. The highest BCUT2D eigenvalue weighted by molar-refractivity contribution is 7.91. The molecule has 0 bridgehead atoms. The highest BCUT2D eigenvalue weighted by atomic mass is 35.5. The summed E-state index contributed by atoms with van der Waals surface area (Å²) < 4.78 is 34.5. The van der Waals surface area contributed by atoms with E-state index in [0.717, 1.165) is 6.08 Å². The number of amides is 1. The van der Waals surface area contributed by atoms with Gasteiger partial charge in [0.25, 0.3) is 5.91 Å². The molecule has 3 heterocycles. The predicted octanol–water partition coefficient (Wildman–Crippen LogP) is 1.70. The van der Waals surface area contributed by atoms with Crippen LogP contribution in [-0.2, 0) is 24.2 Å². The van der Waals surface area contributed by atoms with E-state index in [9.17, 15) is 18.0 Å².